The van der Waals surface area contributed by atoms with Gasteiger partial charge in [-0.3, -0.25) is 0 Å². The molecule has 0 aliphatic carbocycles. The molecular formula is H3Nb2O9P3. The number of hydrogen-bond donors (Lipinski definition) is 0. The van der Waals surface area contributed by atoms with E-state index in [0.717, 1.165) is 0 Å². The zero-order valence-corrected chi connectivity index (χ0v) is 13.5. The Labute approximate surface area is 112 Å². The van der Waals surface area contributed by atoms with Gasteiger partial charge in [-0.05, 0) is 0 Å². The fourth-order valence-electron chi connectivity index (χ4n) is 0. The summed E-state index contributed by atoms with van der Waals surface area (Å²) in [6.45, 7) is 0. The summed E-state index contributed by atoms with van der Waals surface area (Å²) in [7, 11) is -10.9. The monoisotopic (exact) mass is 426 g/mol. The molecule has 9 nitrogen and oxygen atoms in total. The van der Waals surface area contributed by atoms with Crippen molar-refractivity contribution in [2.45, 2.75) is 0 Å². The average molecular weight is 426 g/mol. The maximum absolute atomic E-state index is 8.52. The Morgan fingerprint density at radius 3 is 0.500 bits per heavy atom. The summed E-state index contributed by atoms with van der Waals surface area (Å²) in [4.78, 5) is 51.1. The van der Waals surface area contributed by atoms with Crippen molar-refractivity contribution >= 4 is 24.8 Å². The molecule has 0 amide bonds. The Morgan fingerprint density at radius 1 is 0.500 bits per heavy atom. The van der Waals surface area contributed by atoms with E-state index in [4.69, 9.17) is 43.1 Å². The molecule has 0 aliphatic heterocycles. The maximum Gasteiger partial charge on any atom is 3.00 e. The van der Waals surface area contributed by atoms with Crippen LogP contribution in [0.5, 0.6) is 0 Å². The van der Waals surface area contributed by atoms with Gasteiger partial charge < -0.3 is 43.1 Å². The number of rotatable bonds is 0. The van der Waals surface area contributed by atoms with E-state index >= 15 is 0 Å². The molecule has 0 unspecified atom stereocenters. The Bertz CT molecular complexity index is 116. The predicted octanol–water partition coefficient (Wildman–Crippen LogP) is -5.71. The summed E-state index contributed by atoms with van der Waals surface area (Å²) >= 11 is 0. The smallest absolute Gasteiger partial charge is 0.813 e. The summed E-state index contributed by atoms with van der Waals surface area (Å²) in [5.74, 6) is 0. The van der Waals surface area contributed by atoms with Gasteiger partial charge in [0.1, 0.15) is 0 Å². The Morgan fingerprint density at radius 2 is 0.500 bits per heavy atom. The molecule has 0 spiro atoms. The molecule has 0 atom stereocenters. The quantitative estimate of drug-likeness (QED) is 0.269. The largest absolute Gasteiger partial charge is 3.00 e. The fourth-order valence-corrected chi connectivity index (χ4v) is 0. The molecule has 0 rings (SSSR count). The van der Waals surface area contributed by atoms with Crippen LogP contribution < -0.4 is 29.4 Å². The van der Waals surface area contributed by atoms with Crippen LogP contribution in [0.1, 0.15) is 0 Å². The van der Waals surface area contributed by atoms with Gasteiger partial charge in [-0.25, -0.2) is 0 Å². The van der Waals surface area contributed by atoms with E-state index in [0.29, 0.717) is 0 Å². The molecule has 0 heterocycles. The van der Waals surface area contributed by atoms with Crippen LogP contribution in [-0.2, 0) is 58.5 Å². The average Bonchev–Trinajstić information content (AvgIpc) is 1.54. The van der Waals surface area contributed by atoms with Crippen LogP contribution >= 0.6 is 24.8 Å². The zero-order valence-electron chi connectivity index (χ0n) is 6.07. The van der Waals surface area contributed by atoms with Crippen molar-refractivity contribution in [3.05, 3.63) is 0 Å². The predicted molar refractivity (Wildman–Crippen MR) is 27.0 cm³/mol. The van der Waals surface area contributed by atoms with Crippen molar-refractivity contribution in [3.63, 3.8) is 0 Å². The molecule has 14 heavy (non-hydrogen) atoms. The van der Waals surface area contributed by atoms with Gasteiger partial charge in [0.05, 0.1) is 0 Å². The van der Waals surface area contributed by atoms with E-state index in [1.54, 1.807) is 0 Å². The molecule has 14 heteroatoms. The molecule has 0 aromatic heterocycles. The van der Waals surface area contributed by atoms with Gasteiger partial charge in [0.15, 0.2) is 0 Å². The van der Waals surface area contributed by atoms with Crippen LogP contribution in [-0.4, -0.2) is 0 Å². The second-order valence-electron chi connectivity index (χ2n) is 0.750. The standard InChI is InChI=1S/2Nb.3H3O3P/c;;3*1-4(2)3/h;;3*4H,(H2,1,2,3)/q2*+3;;;/p-6. The second kappa shape index (κ2) is 24.3. The normalized spacial score (nSPS) is 7.50. The fraction of sp³-hybridized carbons (Fsp3) is 0. The van der Waals surface area contributed by atoms with Gasteiger partial charge >= 0.3 is 44.8 Å². The molecule has 0 saturated carbocycles. The van der Waals surface area contributed by atoms with Crippen molar-refractivity contribution in [2.75, 3.05) is 0 Å². The molecule has 0 aliphatic rings. The van der Waals surface area contributed by atoms with Crippen LogP contribution in [0.4, 0.5) is 0 Å². The van der Waals surface area contributed by atoms with Crippen molar-refractivity contribution in [1.82, 2.24) is 0 Å². The second-order valence-corrected chi connectivity index (χ2v) is 2.25. The first kappa shape index (κ1) is 29.7. The van der Waals surface area contributed by atoms with Gasteiger partial charge in [0, 0.05) is 0 Å². The van der Waals surface area contributed by atoms with Gasteiger partial charge in [0.25, 0.3) is 0 Å². The van der Waals surface area contributed by atoms with Crippen molar-refractivity contribution < 1.29 is 87.8 Å². The minimum atomic E-state index is -3.63. The van der Waals surface area contributed by atoms with Crippen molar-refractivity contribution in [3.8, 4) is 0 Å². The van der Waals surface area contributed by atoms with Crippen LogP contribution in [0.2, 0.25) is 0 Å². The topological polar surface area (TPSA) is 190 Å². The third-order valence-corrected chi connectivity index (χ3v) is 0. The van der Waals surface area contributed by atoms with E-state index in [9.17, 15) is 0 Å². The summed E-state index contributed by atoms with van der Waals surface area (Å²) in [6.07, 6.45) is 0. The molecule has 0 saturated heterocycles. The van der Waals surface area contributed by atoms with E-state index in [-0.39, 0.29) is 44.8 Å². The zero-order chi connectivity index (χ0) is 10.7. The molecule has 0 aromatic carbocycles. The van der Waals surface area contributed by atoms with Crippen molar-refractivity contribution in [2.24, 2.45) is 0 Å². The van der Waals surface area contributed by atoms with Crippen molar-refractivity contribution in [1.29, 1.82) is 0 Å². The van der Waals surface area contributed by atoms with E-state index < -0.39 is 24.8 Å². The summed E-state index contributed by atoms with van der Waals surface area (Å²) < 4.78 is 25.6. The van der Waals surface area contributed by atoms with E-state index in [1.807, 2.05) is 0 Å². The molecule has 0 fully saturated rings. The van der Waals surface area contributed by atoms with Crippen LogP contribution in [0.3, 0.4) is 0 Å². The molecule has 0 N–H and O–H groups in total. The third-order valence-electron chi connectivity index (χ3n) is 0. The van der Waals surface area contributed by atoms with Crippen LogP contribution in [0.25, 0.3) is 0 Å². The molecule has 0 radical (unpaired) electrons. The maximum atomic E-state index is 8.52. The summed E-state index contributed by atoms with van der Waals surface area (Å²) in [5.41, 5.74) is 0. The minimum absolute atomic E-state index is 0. The minimum Gasteiger partial charge on any atom is -0.813 e. The first-order valence-corrected chi connectivity index (χ1v) is 5.51. The molecule has 0 aromatic rings. The van der Waals surface area contributed by atoms with Gasteiger partial charge in [-0.2, -0.15) is 0 Å². The summed E-state index contributed by atoms with van der Waals surface area (Å²) in [5, 5.41) is 0. The third kappa shape index (κ3) is 625. The van der Waals surface area contributed by atoms with Crippen LogP contribution in [0, 0.1) is 0 Å². The SMILES string of the molecule is O=[PH]([O-])[O-].O=[PH]([O-])[O-].O=[PH]([O-])[O-].[Nb+3].[Nb+3]. The van der Waals surface area contributed by atoms with Gasteiger partial charge in [-0.1, -0.05) is 24.8 Å². The van der Waals surface area contributed by atoms with Gasteiger partial charge in [-0.15, -0.1) is 0 Å². The number of hydrogen-bond acceptors (Lipinski definition) is 9. The van der Waals surface area contributed by atoms with E-state index in [2.05, 4.69) is 0 Å². The molecular weight excluding hydrogens is 423 g/mol. The first-order chi connectivity index (χ1) is 5.20. The Balaban J connectivity index is -0.0000000270. The Hall–Kier alpha value is 1.93. The van der Waals surface area contributed by atoms with Crippen LogP contribution in [0.15, 0.2) is 0 Å². The Kier molecular flexibility index (Phi) is 51.5. The molecule has 0 bridgehead atoms. The van der Waals surface area contributed by atoms with Gasteiger partial charge in [0.2, 0.25) is 0 Å². The molecule has 82 valence electrons. The first-order valence-electron chi connectivity index (χ1n) is 1.84. The van der Waals surface area contributed by atoms with E-state index in [1.165, 1.54) is 0 Å². The summed E-state index contributed by atoms with van der Waals surface area (Å²) in [6, 6.07) is 0.